The number of halogens is 1. The SMILES string of the molecule is CCN(CC)CCN1C(=O)C(=O)/C(=C(\O)c2ccc(C)cc2)C1c1ccc(Cl)cc1. The number of likely N-dealkylation sites (N-methyl/N-ethyl adjacent to an activating group) is 1. The second-order valence-electron chi connectivity index (χ2n) is 7.44. The number of aliphatic hydroxyl groups is 1. The number of amides is 1. The first kappa shape index (κ1) is 22.1. The zero-order valence-electron chi connectivity index (χ0n) is 17.6. The molecule has 1 aliphatic rings. The molecule has 5 nitrogen and oxygen atoms in total. The van der Waals surface area contributed by atoms with Gasteiger partial charge in [-0.3, -0.25) is 9.59 Å². The molecule has 1 N–H and O–H groups in total. The quantitative estimate of drug-likeness (QED) is 0.404. The molecule has 0 aliphatic carbocycles. The van der Waals surface area contributed by atoms with Gasteiger partial charge in [0.1, 0.15) is 5.76 Å². The Bertz CT molecular complexity index is 947. The Labute approximate surface area is 182 Å². The van der Waals surface area contributed by atoms with Crippen LogP contribution in [-0.2, 0) is 9.59 Å². The van der Waals surface area contributed by atoms with Crippen molar-refractivity contribution in [2.45, 2.75) is 26.8 Å². The maximum absolute atomic E-state index is 13.0. The van der Waals surface area contributed by atoms with Crippen molar-refractivity contribution >= 4 is 29.1 Å². The van der Waals surface area contributed by atoms with Gasteiger partial charge in [-0.05, 0) is 37.7 Å². The van der Waals surface area contributed by atoms with Gasteiger partial charge >= 0.3 is 0 Å². The van der Waals surface area contributed by atoms with Crippen molar-refractivity contribution in [2.75, 3.05) is 26.2 Å². The van der Waals surface area contributed by atoms with Gasteiger partial charge in [0.05, 0.1) is 11.6 Å². The summed E-state index contributed by atoms with van der Waals surface area (Å²) in [5.41, 5.74) is 2.42. The molecule has 0 radical (unpaired) electrons. The number of hydrogen-bond acceptors (Lipinski definition) is 4. The molecule has 1 fully saturated rings. The van der Waals surface area contributed by atoms with Crippen molar-refractivity contribution in [1.29, 1.82) is 0 Å². The van der Waals surface area contributed by atoms with E-state index in [1.165, 1.54) is 0 Å². The zero-order valence-corrected chi connectivity index (χ0v) is 18.3. The van der Waals surface area contributed by atoms with E-state index in [9.17, 15) is 14.7 Å². The Kier molecular flexibility index (Phi) is 6.95. The summed E-state index contributed by atoms with van der Waals surface area (Å²) in [7, 11) is 0. The number of carbonyl (C=O) groups excluding carboxylic acids is 2. The van der Waals surface area contributed by atoms with E-state index >= 15 is 0 Å². The highest BCUT2D eigenvalue weighted by Gasteiger charge is 2.45. The Morgan fingerprint density at radius 3 is 2.20 bits per heavy atom. The molecule has 158 valence electrons. The minimum atomic E-state index is -0.660. The van der Waals surface area contributed by atoms with E-state index in [-0.39, 0.29) is 11.3 Å². The van der Waals surface area contributed by atoms with Crippen LogP contribution in [0.1, 0.15) is 36.6 Å². The molecule has 1 aliphatic heterocycles. The Balaban J connectivity index is 2.08. The number of likely N-dealkylation sites (tertiary alicyclic amines) is 1. The standard InChI is InChI=1S/C24H27ClN2O3/c1-4-26(5-2)14-15-27-21(17-10-12-19(25)13-11-17)20(23(29)24(27)30)22(28)18-8-6-16(3)7-9-18/h6-13,21,28H,4-5,14-15H2,1-3H3/b22-20-. The summed E-state index contributed by atoms with van der Waals surface area (Å²) in [6.45, 7) is 8.82. The first-order valence-corrected chi connectivity index (χ1v) is 10.6. The lowest BCUT2D eigenvalue weighted by atomic mass is 9.95. The van der Waals surface area contributed by atoms with Crippen LogP contribution < -0.4 is 0 Å². The van der Waals surface area contributed by atoms with Crippen molar-refractivity contribution in [1.82, 2.24) is 9.80 Å². The fraction of sp³-hybridized carbons (Fsp3) is 0.333. The molecule has 0 bridgehead atoms. The maximum atomic E-state index is 13.0. The topological polar surface area (TPSA) is 60.9 Å². The van der Waals surface area contributed by atoms with Crippen molar-refractivity contribution in [2.24, 2.45) is 0 Å². The van der Waals surface area contributed by atoms with E-state index in [2.05, 4.69) is 18.7 Å². The molecular weight excluding hydrogens is 400 g/mol. The van der Waals surface area contributed by atoms with Crippen LogP contribution in [0.4, 0.5) is 0 Å². The highest BCUT2D eigenvalue weighted by Crippen LogP contribution is 2.39. The first-order chi connectivity index (χ1) is 14.4. The lowest BCUT2D eigenvalue weighted by molar-refractivity contribution is -0.140. The summed E-state index contributed by atoms with van der Waals surface area (Å²) < 4.78 is 0. The van der Waals surface area contributed by atoms with Crippen molar-refractivity contribution < 1.29 is 14.7 Å². The Morgan fingerprint density at radius 2 is 1.63 bits per heavy atom. The summed E-state index contributed by atoms with van der Waals surface area (Å²) in [6, 6.07) is 13.6. The van der Waals surface area contributed by atoms with Gasteiger partial charge in [0.25, 0.3) is 11.7 Å². The van der Waals surface area contributed by atoms with Gasteiger partial charge in [0, 0.05) is 23.7 Å². The average Bonchev–Trinajstić information content (AvgIpc) is 3.00. The number of aryl methyl sites for hydroxylation is 1. The fourth-order valence-electron chi connectivity index (χ4n) is 3.76. The number of nitrogens with zero attached hydrogens (tertiary/aromatic N) is 2. The minimum Gasteiger partial charge on any atom is -0.507 e. The van der Waals surface area contributed by atoms with Gasteiger partial charge in [-0.2, -0.15) is 0 Å². The molecule has 1 unspecified atom stereocenters. The van der Waals surface area contributed by atoms with E-state index in [1.807, 2.05) is 19.1 Å². The number of Topliss-reactive ketones (excluding diaryl/α,β-unsaturated/α-hetero) is 1. The largest absolute Gasteiger partial charge is 0.507 e. The molecule has 0 spiro atoms. The average molecular weight is 427 g/mol. The number of benzene rings is 2. The van der Waals surface area contributed by atoms with E-state index < -0.39 is 17.7 Å². The van der Waals surface area contributed by atoms with Crippen molar-refractivity contribution in [3.05, 3.63) is 75.8 Å². The summed E-state index contributed by atoms with van der Waals surface area (Å²) in [6.07, 6.45) is 0. The molecule has 1 saturated heterocycles. The van der Waals surface area contributed by atoms with E-state index in [1.54, 1.807) is 41.3 Å². The zero-order chi connectivity index (χ0) is 21.8. The molecule has 3 rings (SSSR count). The molecule has 0 aromatic heterocycles. The third kappa shape index (κ3) is 4.42. The van der Waals surface area contributed by atoms with Gasteiger partial charge in [-0.15, -0.1) is 0 Å². The van der Waals surface area contributed by atoms with E-state index in [4.69, 9.17) is 11.6 Å². The second-order valence-corrected chi connectivity index (χ2v) is 7.87. The third-order valence-electron chi connectivity index (χ3n) is 5.60. The minimum absolute atomic E-state index is 0.116. The van der Waals surface area contributed by atoms with Crippen LogP contribution in [-0.4, -0.2) is 52.8 Å². The predicted molar refractivity (Wildman–Crippen MR) is 119 cm³/mol. The van der Waals surface area contributed by atoms with Crippen LogP contribution in [0.5, 0.6) is 0 Å². The molecule has 1 atom stereocenters. The molecule has 2 aromatic carbocycles. The second kappa shape index (κ2) is 9.45. The molecule has 0 saturated carbocycles. The highest BCUT2D eigenvalue weighted by atomic mass is 35.5. The third-order valence-corrected chi connectivity index (χ3v) is 5.85. The lowest BCUT2D eigenvalue weighted by Crippen LogP contribution is -2.38. The number of carbonyl (C=O) groups is 2. The van der Waals surface area contributed by atoms with Crippen LogP contribution in [0.25, 0.3) is 5.76 Å². The normalized spacial score (nSPS) is 18.4. The number of aliphatic hydroxyl groups excluding tert-OH is 1. The molecule has 30 heavy (non-hydrogen) atoms. The van der Waals surface area contributed by atoms with Crippen molar-refractivity contribution in [3.8, 4) is 0 Å². The van der Waals surface area contributed by atoms with Gasteiger partial charge in [-0.1, -0.05) is 67.4 Å². The first-order valence-electron chi connectivity index (χ1n) is 10.2. The van der Waals surface area contributed by atoms with E-state index in [0.29, 0.717) is 23.7 Å². The lowest BCUT2D eigenvalue weighted by Gasteiger charge is -2.28. The number of ketones is 1. The summed E-state index contributed by atoms with van der Waals surface area (Å²) >= 11 is 6.05. The Morgan fingerprint density at radius 1 is 1.03 bits per heavy atom. The fourth-order valence-corrected chi connectivity index (χ4v) is 3.88. The maximum Gasteiger partial charge on any atom is 0.295 e. The molecular formula is C24H27ClN2O3. The molecule has 1 amide bonds. The monoisotopic (exact) mass is 426 g/mol. The van der Waals surface area contributed by atoms with E-state index in [0.717, 1.165) is 24.2 Å². The molecule has 1 heterocycles. The van der Waals surface area contributed by atoms with Gasteiger partial charge < -0.3 is 14.9 Å². The smallest absolute Gasteiger partial charge is 0.295 e. The summed E-state index contributed by atoms with van der Waals surface area (Å²) in [5.74, 6) is -1.40. The molecule has 2 aromatic rings. The van der Waals surface area contributed by atoms with Gasteiger partial charge in [-0.25, -0.2) is 0 Å². The van der Waals surface area contributed by atoms with Crippen LogP contribution in [0.3, 0.4) is 0 Å². The molecule has 6 heteroatoms. The number of rotatable bonds is 7. The van der Waals surface area contributed by atoms with Crippen molar-refractivity contribution in [3.63, 3.8) is 0 Å². The van der Waals surface area contributed by atoms with Crippen LogP contribution in [0.15, 0.2) is 54.1 Å². The van der Waals surface area contributed by atoms with Gasteiger partial charge in [0.15, 0.2) is 0 Å². The van der Waals surface area contributed by atoms with Crippen LogP contribution >= 0.6 is 11.6 Å². The van der Waals surface area contributed by atoms with Crippen LogP contribution in [0.2, 0.25) is 5.02 Å². The number of hydrogen-bond donors (Lipinski definition) is 1. The van der Waals surface area contributed by atoms with Crippen LogP contribution in [0, 0.1) is 6.92 Å². The highest BCUT2D eigenvalue weighted by molar-refractivity contribution is 6.46. The Hall–Kier alpha value is -2.63. The summed E-state index contributed by atoms with van der Waals surface area (Å²) in [4.78, 5) is 29.7. The predicted octanol–water partition coefficient (Wildman–Crippen LogP) is 4.41. The van der Waals surface area contributed by atoms with Gasteiger partial charge in [0.2, 0.25) is 0 Å². The summed E-state index contributed by atoms with van der Waals surface area (Å²) in [5, 5.41) is 11.6.